The topological polar surface area (TPSA) is 64.6 Å². The third-order valence-electron chi connectivity index (χ3n) is 3.45. The van der Waals surface area contributed by atoms with Gasteiger partial charge in [-0.2, -0.15) is 0 Å². The molecule has 0 aromatic heterocycles. The first-order chi connectivity index (χ1) is 10.3. The number of hydrogen-bond acceptors (Lipinski definition) is 5. The summed E-state index contributed by atoms with van der Waals surface area (Å²) in [6, 6.07) is 3.52. The minimum atomic E-state index is -0.906. The zero-order valence-electron chi connectivity index (χ0n) is 14.1. The number of anilines is 1. The highest BCUT2D eigenvalue weighted by atomic mass is 16.6. The van der Waals surface area contributed by atoms with E-state index in [0.717, 1.165) is 22.4 Å². The molecular formula is C17H25NO4. The van der Waals surface area contributed by atoms with Gasteiger partial charge < -0.3 is 14.8 Å². The number of carbonyl (C=O) groups excluding carboxylic acids is 2. The van der Waals surface area contributed by atoms with Crippen LogP contribution in [-0.2, 0) is 19.1 Å². The van der Waals surface area contributed by atoms with Crippen molar-refractivity contribution >= 4 is 17.6 Å². The number of carbonyl (C=O) groups is 2. The average molecular weight is 307 g/mol. The Hall–Kier alpha value is -2.04. The molecule has 1 rings (SSSR count). The predicted molar refractivity (Wildman–Crippen MR) is 85.9 cm³/mol. The molecule has 0 saturated carbocycles. The van der Waals surface area contributed by atoms with Crippen LogP contribution >= 0.6 is 0 Å². The van der Waals surface area contributed by atoms with E-state index in [2.05, 4.69) is 11.4 Å². The molecule has 0 bridgehead atoms. The highest BCUT2D eigenvalue weighted by Crippen LogP contribution is 2.21. The van der Waals surface area contributed by atoms with Crippen molar-refractivity contribution in [3.05, 3.63) is 28.8 Å². The fraction of sp³-hybridized carbons (Fsp3) is 0.529. The van der Waals surface area contributed by atoms with Gasteiger partial charge in [0.05, 0.1) is 6.61 Å². The quantitative estimate of drug-likeness (QED) is 0.819. The van der Waals surface area contributed by atoms with E-state index in [1.54, 1.807) is 13.8 Å². The first-order valence-corrected chi connectivity index (χ1v) is 7.47. The van der Waals surface area contributed by atoms with Gasteiger partial charge in [-0.3, -0.25) is 0 Å². The van der Waals surface area contributed by atoms with Crippen LogP contribution in [0.25, 0.3) is 0 Å². The van der Waals surface area contributed by atoms with Gasteiger partial charge in [0.2, 0.25) is 0 Å². The number of hydrogen-bond donors (Lipinski definition) is 1. The lowest BCUT2D eigenvalue weighted by molar-refractivity contribution is -0.166. The summed E-state index contributed by atoms with van der Waals surface area (Å²) in [6.45, 7) is 11.2. The van der Waals surface area contributed by atoms with Crippen LogP contribution in [-0.4, -0.2) is 30.7 Å². The Morgan fingerprint density at radius 1 is 1.14 bits per heavy atom. The normalized spacial score (nSPS) is 13.2. The second kappa shape index (κ2) is 7.82. The van der Waals surface area contributed by atoms with E-state index in [1.165, 1.54) is 6.92 Å². The van der Waals surface area contributed by atoms with Gasteiger partial charge in [0.1, 0.15) is 6.04 Å². The van der Waals surface area contributed by atoms with Crippen molar-refractivity contribution in [1.29, 1.82) is 0 Å². The van der Waals surface area contributed by atoms with Crippen molar-refractivity contribution in [3.63, 3.8) is 0 Å². The van der Waals surface area contributed by atoms with Gasteiger partial charge >= 0.3 is 11.9 Å². The van der Waals surface area contributed by atoms with Gasteiger partial charge in [0, 0.05) is 5.69 Å². The van der Waals surface area contributed by atoms with E-state index in [1.807, 2.05) is 26.8 Å². The van der Waals surface area contributed by atoms with Crippen LogP contribution < -0.4 is 5.32 Å². The molecule has 1 aromatic rings. The molecule has 0 amide bonds. The lowest BCUT2D eigenvalue weighted by Crippen LogP contribution is -2.34. The molecule has 1 unspecified atom stereocenters. The Morgan fingerprint density at radius 2 is 1.77 bits per heavy atom. The molecular weight excluding hydrogens is 282 g/mol. The van der Waals surface area contributed by atoms with Gasteiger partial charge in [0.25, 0.3) is 0 Å². The smallest absolute Gasteiger partial charge is 0.347 e. The van der Waals surface area contributed by atoms with E-state index in [0.29, 0.717) is 0 Å². The summed E-state index contributed by atoms with van der Waals surface area (Å²) in [4.78, 5) is 23.5. The molecule has 122 valence electrons. The summed E-state index contributed by atoms with van der Waals surface area (Å²) in [6.07, 6.45) is -0.906. The van der Waals surface area contributed by atoms with Crippen LogP contribution in [0.5, 0.6) is 0 Å². The van der Waals surface area contributed by atoms with Crippen LogP contribution in [0.3, 0.4) is 0 Å². The molecule has 0 heterocycles. The first-order valence-electron chi connectivity index (χ1n) is 7.47. The molecule has 0 spiro atoms. The molecule has 0 saturated heterocycles. The van der Waals surface area contributed by atoms with Crippen molar-refractivity contribution in [2.24, 2.45) is 0 Å². The van der Waals surface area contributed by atoms with Crippen molar-refractivity contribution in [2.45, 2.75) is 53.7 Å². The Morgan fingerprint density at radius 3 is 2.36 bits per heavy atom. The van der Waals surface area contributed by atoms with Crippen molar-refractivity contribution in [2.75, 3.05) is 11.9 Å². The Balaban J connectivity index is 2.71. The largest absolute Gasteiger partial charge is 0.463 e. The van der Waals surface area contributed by atoms with Crippen LogP contribution in [0.1, 0.15) is 37.5 Å². The fourth-order valence-corrected chi connectivity index (χ4v) is 2.07. The molecule has 2 atom stereocenters. The van der Waals surface area contributed by atoms with E-state index < -0.39 is 24.1 Å². The van der Waals surface area contributed by atoms with Crippen molar-refractivity contribution in [1.82, 2.24) is 0 Å². The molecule has 0 aliphatic carbocycles. The summed E-state index contributed by atoms with van der Waals surface area (Å²) in [5.41, 5.74) is 4.25. The van der Waals surface area contributed by atoms with Crippen molar-refractivity contribution < 1.29 is 19.1 Å². The van der Waals surface area contributed by atoms with Crippen LogP contribution in [0.15, 0.2) is 12.1 Å². The molecule has 5 nitrogen and oxygen atoms in total. The maximum atomic E-state index is 12.1. The second-order valence-electron chi connectivity index (χ2n) is 5.45. The molecule has 0 fully saturated rings. The fourth-order valence-electron chi connectivity index (χ4n) is 2.07. The monoisotopic (exact) mass is 307 g/mol. The van der Waals surface area contributed by atoms with Crippen LogP contribution in [0.2, 0.25) is 0 Å². The summed E-state index contributed by atoms with van der Waals surface area (Å²) in [7, 11) is 0. The molecule has 0 radical (unpaired) electrons. The number of rotatable bonds is 6. The molecule has 5 heteroatoms. The van der Waals surface area contributed by atoms with Crippen LogP contribution in [0, 0.1) is 20.8 Å². The lowest BCUT2D eigenvalue weighted by Gasteiger charge is -2.19. The lowest BCUT2D eigenvalue weighted by atomic mass is 10.0. The Kier molecular flexibility index (Phi) is 6.40. The van der Waals surface area contributed by atoms with E-state index in [4.69, 9.17) is 9.47 Å². The van der Waals surface area contributed by atoms with Gasteiger partial charge in [-0.05, 0) is 64.3 Å². The van der Waals surface area contributed by atoms with Gasteiger partial charge in [-0.15, -0.1) is 0 Å². The predicted octanol–water partition coefficient (Wildman–Crippen LogP) is 2.91. The number of nitrogens with one attached hydrogen (secondary N) is 1. The summed E-state index contributed by atoms with van der Waals surface area (Å²) in [5, 5.41) is 3.14. The minimum Gasteiger partial charge on any atom is -0.463 e. The first kappa shape index (κ1) is 18.0. The van der Waals surface area contributed by atoms with E-state index in [-0.39, 0.29) is 6.61 Å². The second-order valence-corrected chi connectivity index (χ2v) is 5.45. The van der Waals surface area contributed by atoms with E-state index in [9.17, 15) is 9.59 Å². The number of benzene rings is 1. The zero-order chi connectivity index (χ0) is 16.9. The van der Waals surface area contributed by atoms with Gasteiger partial charge in [-0.1, -0.05) is 6.07 Å². The maximum absolute atomic E-state index is 12.1. The Labute approximate surface area is 132 Å². The zero-order valence-corrected chi connectivity index (χ0v) is 14.1. The minimum absolute atomic E-state index is 0.260. The number of aryl methyl sites for hydroxylation is 2. The highest BCUT2D eigenvalue weighted by molar-refractivity contribution is 5.83. The number of esters is 2. The van der Waals surface area contributed by atoms with Gasteiger partial charge in [-0.25, -0.2) is 9.59 Å². The van der Waals surface area contributed by atoms with Crippen LogP contribution in [0.4, 0.5) is 5.69 Å². The van der Waals surface area contributed by atoms with Crippen molar-refractivity contribution in [3.8, 4) is 0 Å². The molecule has 0 aliphatic rings. The number of ether oxygens (including phenoxy) is 2. The molecule has 1 N–H and O–H groups in total. The highest BCUT2D eigenvalue weighted by Gasteiger charge is 2.23. The maximum Gasteiger partial charge on any atom is 0.347 e. The standard InChI is InChI=1S/C17H25NO4/c1-7-21-17(20)14(6)22-16(19)13(5)18-15-9-10(2)8-11(3)12(15)4/h8-9,13-14,18H,7H2,1-6H3/t13-,14?/m0/s1. The van der Waals surface area contributed by atoms with E-state index >= 15 is 0 Å². The molecule has 22 heavy (non-hydrogen) atoms. The Bertz CT molecular complexity index is 554. The van der Waals surface area contributed by atoms with Gasteiger partial charge in [0.15, 0.2) is 6.10 Å². The third-order valence-corrected chi connectivity index (χ3v) is 3.45. The molecule has 0 aliphatic heterocycles. The molecule has 1 aromatic carbocycles. The SMILES string of the molecule is CCOC(=O)C(C)OC(=O)[C@H](C)Nc1cc(C)cc(C)c1C. The summed E-state index contributed by atoms with van der Waals surface area (Å²) >= 11 is 0. The average Bonchev–Trinajstić information content (AvgIpc) is 2.44. The summed E-state index contributed by atoms with van der Waals surface area (Å²) in [5.74, 6) is -1.02. The third kappa shape index (κ3) is 4.76. The summed E-state index contributed by atoms with van der Waals surface area (Å²) < 4.78 is 9.94.